The average Bonchev–Trinajstić information content (AvgIpc) is 3.08. The van der Waals surface area contributed by atoms with E-state index < -0.39 is 11.9 Å². The van der Waals surface area contributed by atoms with Gasteiger partial charge in [0.05, 0.1) is 24.3 Å². The van der Waals surface area contributed by atoms with Crippen molar-refractivity contribution in [2.24, 2.45) is 0 Å². The summed E-state index contributed by atoms with van der Waals surface area (Å²) in [5, 5.41) is 34.2. The van der Waals surface area contributed by atoms with Crippen LogP contribution in [0.25, 0.3) is 0 Å². The summed E-state index contributed by atoms with van der Waals surface area (Å²) in [6, 6.07) is 36.6. The van der Waals surface area contributed by atoms with Crippen LogP contribution in [0.2, 0.25) is 0 Å². The first-order chi connectivity index (χ1) is 22.4. The molecule has 0 aliphatic rings. The van der Waals surface area contributed by atoms with Gasteiger partial charge in [-0.3, -0.25) is 4.79 Å². The van der Waals surface area contributed by atoms with Crippen LogP contribution in [0.3, 0.4) is 0 Å². The second-order valence-electron chi connectivity index (χ2n) is 10.7. The summed E-state index contributed by atoms with van der Waals surface area (Å²) in [5.74, 6) is -1.82. The van der Waals surface area contributed by atoms with Gasteiger partial charge in [-0.05, 0) is 70.0 Å². The van der Waals surface area contributed by atoms with Crippen molar-refractivity contribution < 1.29 is 34.8 Å². The minimum atomic E-state index is -0.950. The number of carbonyl (C=O) groups excluding carboxylic acids is 1. The molecule has 0 saturated heterocycles. The lowest BCUT2D eigenvalue weighted by molar-refractivity contribution is 0.0686. The monoisotopic (exact) mass is 636 g/mol. The maximum Gasteiger partial charge on any atom is 0.335 e. The van der Waals surface area contributed by atoms with E-state index in [1.807, 2.05) is 69.3 Å². The van der Waals surface area contributed by atoms with Crippen molar-refractivity contribution >= 4 is 18.2 Å². The normalized spacial score (nSPS) is 9.34. The molecule has 0 atom stereocenters. The van der Waals surface area contributed by atoms with Gasteiger partial charge in [0.1, 0.15) is 6.29 Å². The maximum absolute atomic E-state index is 10.3. The Bertz CT molecular complexity index is 1580. The first-order valence-corrected chi connectivity index (χ1v) is 14.8. The molecule has 5 aromatic carbocycles. The highest BCUT2D eigenvalue weighted by atomic mass is 16.4. The zero-order valence-electron chi connectivity index (χ0n) is 27.6. The Balaban J connectivity index is 0.000000295. The number of aryl methyl sites for hydroxylation is 5. The van der Waals surface area contributed by atoms with Crippen molar-refractivity contribution in [3.8, 4) is 0 Å². The van der Waals surface area contributed by atoms with Gasteiger partial charge in [0.2, 0.25) is 0 Å². The fraction of sp³-hybridized carbons (Fsp3) is 0.175. The van der Waals surface area contributed by atoms with Crippen LogP contribution in [0.15, 0.2) is 121 Å². The van der Waals surface area contributed by atoms with Crippen molar-refractivity contribution in [2.75, 3.05) is 0 Å². The van der Waals surface area contributed by atoms with Crippen molar-refractivity contribution in [3.05, 3.63) is 177 Å². The molecule has 246 valence electrons. The molecule has 5 rings (SSSR count). The predicted octanol–water partition coefficient (Wildman–Crippen LogP) is 8.17. The van der Waals surface area contributed by atoms with E-state index >= 15 is 0 Å². The van der Waals surface area contributed by atoms with Crippen molar-refractivity contribution in [3.63, 3.8) is 0 Å². The van der Waals surface area contributed by atoms with Crippen molar-refractivity contribution in [1.29, 1.82) is 0 Å². The van der Waals surface area contributed by atoms with Crippen LogP contribution >= 0.6 is 0 Å². The van der Waals surface area contributed by atoms with E-state index in [1.54, 1.807) is 36.4 Å². The highest BCUT2D eigenvalue weighted by Crippen LogP contribution is 2.05. The minimum Gasteiger partial charge on any atom is -0.478 e. The van der Waals surface area contributed by atoms with Gasteiger partial charge in [-0.2, -0.15) is 0 Å². The molecule has 4 N–H and O–H groups in total. The van der Waals surface area contributed by atoms with Gasteiger partial charge in [0.15, 0.2) is 0 Å². The smallest absolute Gasteiger partial charge is 0.335 e. The number of aldehydes is 1. The zero-order valence-corrected chi connectivity index (χ0v) is 27.6. The topological polar surface area (TPSA) is 132 Å². The van der Waals surface area contributed by atoms with E-state index in [4.69, 9.17) is 20.4 Å². The lowest BCUT2D eigenvalue weighted by Crippen LogP contribution is -1.95. The van der Waals surface area contributed by atoms with Crippen molar-refractivity contribution in [1.82, 2.24) is 0 Å². The molecule has 0 fully saturated rings. The summed E-state index contributed by atoms with van der Waals surface area (Å²) >= 11 is 0. The van der Waals surface area contributed by atoms with E-state index in [0.29, 0.717) is 5.56 Å². The zero-order chi connectivity index (χ0) is 35.2. The van der Waals surface area contributed by atoms with Gasteiger partial charge >= 0.3 is 11.9 Å². The Hall–Kier alpha value is -5.37. The lowest BCUT2D eigenvalue weighted by atomic mass is 10.1. The Labute approximate surface area is 277 Å². The third-order valence-electron chi connectivity index (χ3n) is 6.42. The molecule has 5 aromatic rings. The molecular weight excluding hydrogens is 592 g/mol. The third-order valence-corrected chi connectivity index (χ3v) is 6.42. The summed E-state index contributed by atoms with van der Waals surface area (Å²) in [5.41, 5.74) is 9.15. The molecule has 7 heteroatoms. The molecule has 0 amide bonds. The molecule has 7 nitrogen and oxygen atoms in total. The number of aliphatic hydroxyl groups excluding tert-OH is 2. The Morgan fingerprint density at radius 3 is 0.957 bits per heavy atom. The highest BCUT2D eigenvalue weighted by Gasteiger charge is 2.00. The highest BCUT2D eigenvalue weighted by molar-refractivity contribution is 5.88. The van der Waals surface area contributed by atoms with Gasteiger partial charge in [0, 0.05) is 5.56 Å². The number of aromatic carboxylic acids is 2. The van der Waals surface area contributed by atoms with Gasteiger partial charge in [-0.15, -0.1) is 0 Å². The number of rotatable bonds is 5. The van der Waals surface area contributed by atoms with Crippen LogP contribution in [0, 0.1) is 34.6 Å². The van der Waals surface area contributed by atoms with Crippen LogP contribution in [-0.2, 0) is 13.2 Å². The fourth-order valence-corrected chi connectivity index (χ4v) is 3.42. The van der Waals surface area contributed by atoms with Crippen LogP contribution in [-0.4, -0.2) is 38.7 Å². The number of carbonyl (C=O) groups is 3. The second kappa shape index (κ2) is 22.2. The standard InChI is InChI=1S/C8H8O3.C8H8O2.C8H10O.C8H8O.C8H10/c9-5-6-1-3-7(4-2-6)8(10)11;1-6-2-4-7(5-3-6)8(9)10;2*1-7-2-4-8(6-9)5-3-7;1-7-3-5-8(2)6-4-7/h1-4,9H,5H2,(H,10,11);2-5H,1H3,(H,9,10);2-5,9H,6H2,1H3;2-6H,1H3;3-6H,1-2H3. The summed E-state index contributed by atoms with van der Waals surface area (Å²) in [6.45, 7) is 10.2. The number of benzene rings is 5. The largest absolute Gasteiger partial charge is 0.478 e. The summed E-state index contributed by atoms with van der Waals surface area (Å²) < 4.78 is 0. The van der Waals surface area contributed by atoms with Gasteiger partial charge in [0.25, 0.3) is 0 Å². The van der Waals surface area contributed by atoms with E-state index in [1.165, 1.54) is 34.4 Å². The van der Waals surface area contributed by atoms with E-state index in [0.717, 1.165) is 28.5 Å². The minimum absolute atomic E-state index is 0.0557. The van der Waals surface area contributed by atoms with E-state index in [2.05, 4.69) is 38.1 Å². The van der Waals surface area contributed by atoms with Crippen molar-refractivity contribution in [2.45, 2.75) is 47.8 Å². The van der Waals surface area contributed by atoms with Crippen LogP contribution in [0.1, 0.15) is 70.0 Å². The summed E-state index contributed by atoms with van der Waals surface area (Å²) in [7, 11) is 0. The van der Waals surface area contributed by atoms with Gasteiger partial charge in [-0.25, -0.2) is 9.59 Å². The van der Waals surface area contributed by atoms with Crippen LogP contribution in [0.5, 0.6) is 0 Å². The van der Waals surface area contributed by atoms with Crippen LogP contribution < -0.4 is 0 Å². The second-order valence-corrected chi connectivity index (χ2v) is 10.7. The van der Waals surface area contributed by atoms with Crippen LogP contribution in [0.4, 0.5) is 0 Å². The SMILES string of the molecule is Cc1ccc(C(=O)O)cc1.Cc1ccc(C)cc1.Cc1ccc(C=O)cc1.Cc1ccc(CO)cc1.O=C(O)c1ccc(CO)cc1. The Morgan fingerprint density at radius 2 is 0.681 bits per heavy atom. The number of carboxylic acid groups (broad SMARTS) is 2. The Kier molecular flexibility index (Phi) is 18.7. The maximum atomic E-state index is 10.3. The first kappa shape index (κ1) is 39.7. The predicted molar refractivity (Wildman–Crippen MR) is 187 cm³/mol. The molecule has 0 aliphatic carbocycles. The molecule has 0 aromatic heterocycles. The molecule has 47 heavy (non-hydrogen) atoms. The molecule has 0 unspecified atom stereocenters. The molecule has 0 aliphatic heterocycles. The fourth-order valence-electron chi connectivity index (χ4n) is 3.42. The van der Waals surface area contributed by atoms with E-state index in [-0.39, 0.29) is 18.8 Å². The summed E-state index contributed by atoms with van der Waals surface area (Å²) in [4.78, 5) is 30.8. The summed E-state index contributed by atoms with van der Waals surface area (Å²) in [6.07, 6.45) is 0.847. The van der Waals surface area contributed by atoms with Gasteiger partial charge in [-0.1, -0.05) is 125 Å². The van der Waals surface area contributed by atoms with E-state index in [9.17, 15) is 14.4 Å². The number of hydrogen-bond acceptors (Lipinski definition) is 5. The third kappa shape index (κ3) is 17.6. The number of aliphatic hydroxyl groups is 2. The average molecular weight is 637 g/mol. The molecule has 0 bridgehead atoms. The molecule has 0 spiro atoms. The Morgan fingerprint density at radius 1 is 0.447 bits per heavy atom. The molecule has 0 radical (unpaired) electrons. The number of hydrogen-bond donors (Lipinski definition) is 4. The van der Waals surface area contributed by atoms with Gasteiger partial charge < -0.3 is 20.4 Å². The molecule has 0 heterocycles. The molecular formula is C40H44O7. The number of carboxylic acids is 2. The quantitative estimate of drug-likeness (QED) is 0.143. The first-order valence-electron chi connectivity index (χ1n) is 14.8. The lowest BCUT2D eigenvalue weighted by Gasteiger charge is -1.95. The molecule has 0 saturated carbocycles.